The molecule has 0 amide bonds. The second kappa shape index (κ2) is 8.40. The molecular formula is C20H11ClF4N4O2S. The Morgan fingerprint density at radius 2 is 1.97 bits per heavy atom. The Balaban J connectivity index is 2.01. The number of pyridine rings is 1. The molecule has 0 fully saturated rings. The fourth-order valence-electron chi connectivity index (χ4n) is 3.12. The number of rotatable bonds is 4. The minimum atomic E-state index is -4.88. The first-order valence-electron chi connectivity index (χ1n) is 8.82. The maximum Gasteiger partial charge on any atom is 0.434 e. The van der Waals surface area contributed by atoms with Gasteiger partial charge in [0.15, 0.2) is 11.5 Å². The molecule has 4 rings (SSSR count). The van der Waals surface area contributed by atoms with Gasteiger partial charge in [-0.15, -0.1) is 0 Å². The highest BCUT2D eigenvalue weighted by molar-refractivity contribution is 8.13. The number of benzene rings is 1. The fraction of sp³-hybridized carbons (Fsp3) is 0.100. The first kappa shape index (κ1) is 22.0. The van der Waals surface area contributed by atoms with Crippen molar-refractivity contribution >= 4 is 28.5 Å². The van der Waals surface area contributed by atoms with Crippen molar-refractivity contribution in [3.05, 3.63) is 71.0 Å². The number of aromatic nitrogens is 4. The van der Waals surface area contributed by atoms with Crippen molar-refractivity contribution in [3.63, 3.8) is 0 Å². The Labute approximate surface area is 187 Å². The number of hydrogen-bond acceptors (Lipinski definition) is 6. The van der Waals surface area contributed by atoms with Crippen LogP contribution in [0.25, 0.3) is 28.3 Å². The van der Waals surface area contributed by atoms with Gasteiger partial charge in [-0.2, -0.15) is 18.3 Å². The molecule has 12 heteroatoms. The second-order valence-corrected chi connectivity index (χ2v) is 7.54. The molecule has 0 aliphatic heterocycles. The summed E-state index contributed by atoms with van der Waals surface area (Å²) in [5.41, 5.74) is -2.60. The lowest BCUT2D eigenvalue weighted by atomic mass is 10.0. The molecule has 0 aliphatic carbocycles. The summed E-state index contributed by atoms with van der Waals surface area (Å²) in [7, 11) is 0. The summed E-state index contributed by atoms with van der Waals surface area (Å²) in [6.45, 7) is 0. The van der Waals surface area contributed by atoms with Crippen LogP contribution in [0.1, 0.15) is 16.1 Å². The van der Waals surface area contributed by atoms with Crippen LogP contribution in [0.15, 0.2) is 53.4 Å². The molecule has 3 aromatic heterocycles. The highest BCUT2D eigenvalue weighted by Crippen LogP contribution is 2.43. The first-order valence-corrected chi connectivity index (χ1v) is 10.4. The topological polar surface area (TPSA) is 73.8 Å². The van der Waals surface area contributed by atoms with Crippen LogP contribution in [0, 0.1) is 5.82 Å². The predicted molar refractivity (Wildman–Crippen MR) is 110 cm³/mol. The van der Waals surface area contributed by atoms with Crippen LogP contribution in [0.2, 0.25) is 5.02 Å². The molecule has 32 heavy (non-hydrogen) atoms. The van der Waals surface area contributed by atoms with Crippen molar-refractivity contribution in [2.24, 2.45) is 0 Å². The normalized spacial score (nSPS) is 11.7. The lowest BCUT2D eigenvalue weighted by Crippen LogP contribution is -2.15. The van der Waals surface area contributed by atoms with Gasteiger partial charge in [-0.3, -0.25) is 9.78 Å². The summed E-state index contributed by atoms with van der Waals surface area (Å²) >= 11 is 6.79. The van der Waals surface area contributed by atoms with E-state index in [1.54, 1.807) is 0 Å². The Morgan fingerprint density at radius 1 is 1.19 bits per heavy atom. The van der Waals surface area contributed by atoms with E-state index in [0.29, 0.717) is 16.4 Å². The Kier molecular flexibility index (Phi) is 5.78. The molecule has 4 aromatic rings. The van der Waals surface area contributed by atoms with E-state index in [9.17, 15) is 22.4 Å². The number of alkyl halides is 3. The fourth-order valence-corrected chi connectivity index (χ4v) is 3.77. The van der Waals surface area contributed by atoms with Gasteiger partial charge in [0.2, 0.25) is 5.12 Å². The van der Waals surface area contributed by atoms with Crippen LogP contribution >= 0.6 is 23.4 Å². The minimum absolute atomic E-state index is 0.0423. The summed E-state index contributed by atoms with van der Waals surface area (Å²) in [4.78, 5) is 16.5. The molecule has 0 N–H and O–H groups in total. The smallest absolute Gasteiger partial charge is 0.355 e. The summed E-state index contributed by atoms with van der Waals surface area (Å²) in [6, 6.07) is 6.63. The molecule has 0 aliphatic rings. The van der Waals surface area contributed by atoms with E-state index >= 15 is 0 Å². The zero-order valence-electron chi connectivity index (χ0n) is 16.0. The van der Waals surface area contributed by atoms with Gasteiger partial charge in [0.05, 0.1) is 34.2 Å². The second-order valence-electron chi connectivity index (χ2n) is 6.35. The van der Waals surface area contributed by atoms with E-state index in [4.69, 9.17) is 16.1 Å². The molecule has 0 spiro atoms. The highest BCUT2D eigenvalue weighted by atomic mass is 35.5. The number of carbonyl (C=O) groups excluding carboxylic acids is 1. The van der Waals surface area contributed by atoms with E-state index in [0.717, 1.165) is 12.3 Å². The molecule has 1 aromatic carbocycles. The molecule has 0 radical (unpaired) electrons. The van der Waals surface area contributed by atoms with Crippen molar-refractivity contribution < 1.29 is 26.9 Å². The molecule has 0 unspecified atom stereocenters. The minimum Gasteiger partial charge on any atom is -0.355 e. The van der Waals surface area contributed by atoms with Crippen molar-refractivity contribution in [1.82, 2.24) is 19.9 Å². The zero-order valence-corrected chi connectivity index (χ0v) is 17.6. The monoisotopic (exact) mass is 482 g/mol. The average molecular weight is 483 g/mol. The van der Waals surface area contributed by atoms with E-state index in [1.807, 2.05) is 0 Å². The van der Waals surface area contributed by atoms with Gasteiger partial charge in [-0.05, 0) is 30.5 Å². The molecule has 0 saturated heterocycles. The average Bonchev–Trinajstić information content (AvgIpc) is 3.38. The van der Waals surface area contributed by atoms with Gasteiger partial charge in [0.1, 0.15) is 17.1 Å². The lowest BCUT2D eigenvalue weighted by Gasteiger charge is -2.12. The third-order valence-electron chi connectivity index (χ3n) is 4.45. The van der Waals surface area contributed by atoms with Crippen molar-refractivity contribution in [2.45, 2.75) is 6.18 Å². The third-order valence-corrected chi connectivity index (χ3v) is 5.34. The first-order chi connectivity index (χ1) is 15.2. The van der Waals surface area contributed by atoms with Crippen LogP contribution in [0.5, 0.6) is 0 Å². The maximum atomic E-state index is 14.5. The predicted octanol–water partition coefficient (Wildman–Crippen LogP) is 5.90. The van der Waals surface area contributed by atoms with Crippen molar-refractivity contribution in [3.8, 4) is 28.3 Å². The van der Waals surface area contributed by atoms with Gasteiger partial charge in [-0.25, -0.2) is 9.07 Å². The van der Waals surface area contributed by atoms with Crippen LogP contribution in [0.4, 0.5) is 17.6 Å². The molecule has 0 atom stereocenters. The Bertz CT molecular complexity index is 1280. The summed E-state index contributed by atoms with van der Waals surface area (Å²) < 4.78 is 62.5. The largest absolute Gasteiger partial charge is 0.434 e. The van der Waals surface area contributed by atoms with E-state index in [-0.39, 0.29) is 27.5 Å². The van der Waals surface area contributed by atoms with E-state index in [1.165, 1.54) is 42.9 Å². The number of hydrogen-bond donors (Lipinski definition) is 0. The number of thioether (sulfide) groups is 1. The quantitative estimate of drug-likeness (QED) is 0.337. The third kappa shape index (κ3) is 3.78. The van der Waals surface area contributed by atoms with E-state index in [2.05, 4.69) is 15.2 Å². The molecule has 3 heterocycles. The maximum absolute atomic E-state index is 14.5. The van der Waals surface area contributed by atoms with Crippen LogP contribution in [-0.2, 0) is 6.18 Å². The standard InChI is InChI=1S/C20H11ClF4N4O2S/c1-32-19(30)15-16(14-12(21)5-2-6-13(14)22)28-31-17(15)11-9-27-29(18(11)20(23,24)25)10-4-3-7-26-8-10/h2-9H,1H3. The molecule has 0 bridgehead atoms. The van der Waals surface area contributed by atoms with Gasteiger partial charge >= 0.3 is 6.18 Å². The van der Waals surface area contributed by atoms with Gasteiger partial charge in [0.25, 0.3) is 0 Å². The summed E-state index contributed by atoms with van der Waals surface area (Å²) in [5, 5.41) is 6.77. The number of halogens is 5. The van der Waals surface area contributed by atoms with Crippen LogP contribution in [-0.4, -0.2) is 31.3 Å². The molecule has 0 saturated carbocycles. The number of nitrogens with zero attached hydrogens (tertiary/aromatic N) is 4. The summed E-state index contributed by atoms with van der Waals surface area (Å²) in [6.07, 6.45) is 0.0436. The van der Waals surface area contributed by atoms with Crippen LogP contribution < -0.4 is 0 Å². The molecular weight excluding hydrogens is 472 g/mol. The highest BCUT2D eigenvalue weighted by Gasteiger charge is 2.42. The van der Waals surface area contributed by atoms with Gasteiger partial charge in [0, 0.05) is 6.20 Å². The van der Waals surface area contributed by atoms with Gasteiger partial charge in [-0.1, -0.05) is 34.6 Å². The molecule has 6 nitrogen and oxygen atoms in total. The summed E-state index contributed by atoms with van der Waals surface area (Å²) in [5.74, 6) is -1.31. The SMILES string of the molecule is CSC(=O)c1c(-c2c(F)cccc2Cl)noc1-c1cnn(-c2cccnc2)c1C(F)(F)F. The van der Waals surface area contributed by atoms with Gasteiger partial charge < -0.3 is 4.52 Å². The van der Waals surface area contributed by atoms with E-state index < -0.39 is 34.1 Å². The van der Waals surface area contributed by atoms with Crippen LogP contribution in [0.3, 0.4) is 0 Å². The zero-order chi connectivity index (χ0) is 23.0. The Morgan fingerprint density at radius 3 is 2.59 bits per heavy atom. The lowest BCUT2D eigenvalue weighted by molar-refractivity contribution is -0.142. The molecule has 164 valence electrons. The van der Waals surface area contributed by atoms with Crippen molar-refractivity contribution in [2.75, 3.05) is 6.26 Å². The van der Waals surface area contributed by atoms with Crippen molar-refractivity contribution in [1.29, 1.82) is 0 Å². The Hall–Kier alpha value is -3.18. The number of carbonyl (C=O) groups is 1.